The number of rotatable bonds is 7. The zero-order valence-corrected chi connectivity index (χ0v) is 23.5. The van der Waals surface area contributed by atoms with Crippen molar-refractivity contribution in [2.75, 3.05) is 13.2 Å². The first kappa shape index (κ1) is 26.4. The number of fused-ring (bicyclic) bond motifs is 3. The maximum atomic E-state index is 6.10. The minimum atomic E-state index is -0.127. The molecule has 0 N–H and O–H groups in total. The van der Waals surface area contributed by atoms with E-state index in [1.807, 2.05) is 42.9 Å². The number of ether oxygens (including phenoxy) is 4. The van der Waals surface area contributed by atoms with Crippen LogP contribution in [-0.4, -0.2) is 51.2 Å². The van der Waals surface area contributed by atoms with Gasteiger partial charge in [-0.05, 0) is 61.1 Å². The summed E-state index contributed by atoms with van der Waals surface area (Å²) in [5.74, 6) is 7.40. The van der Waals surface area contributed by atoms with E-state index in [1.54, 1.807) is 6.20 Å². The maximum Gasteiger partial charge on any atom is 0.213 e. The lowest BCUT2D eigenvalue weighted by Crippen LogP contribution is -2.41. The van der Waals surface area contributed by atoms with Crippen LogP contribution in [0, 0.1) is 11.8 Å². The maximum absolute atomic E-state index is 6.10. The molecule has 5 heterocycles. The van der Waals surface area contributed by atoms with Gasteiger partial charge in [-0.3, -0.25) is 4.98 Å². The van der Waals surface area contributed by atoms with Gasteiger partial charge in [0, 0.05) is 73.0 Å². The van der Waals surface area contributed by atoms with Gasteiger partial charge in [0.1, 0.15) is 30.3 Å². The van der Waals surface area contributed by atoms with E-state index in [0.29, 0.717) is 18.2 Å². The SMILES string of the molecule is Cn1c2ccncc2c2ccc(-c3ccc(OC4CC(Oc5ccc(C#CCOC6CCCCO6)nc5)C4)nc3)cc21. The standard InChI is InChI=1S/C34H32N4O4/c1-38-31-13-14-35-22-30(31)29-11-7-23(17-32(29)38)24-8-12-33(37-20-24)42-28-18-27(19-28)41-26-10-9-25(36-21-26)5-4-16-40-34-6-2-3-15-39-34/h7-14,17,20-22,27-28,34H,2-3,6,15-16,18-19H2,1H3. The van der Waals surface area contributed by atoms with Gasteiger partial charge in [0.2, 0.25) is 5.88 Å². The second-order valence-corrected chi connectivity index (χ2v) is 10.8. The summed E-state index contributed by atoms with van der Waals surface area (Å²) in [5, 5.41) is 2.36. The van der Waals surface area contributed by atoms with Gasteiger partial charge >= 0.3 is 0 Å². The molecule has 1 unspecified atom stereocenters. The average Bonchev–Trinajstić information content (AvgIpc) is 3.31. The van der Waals surface area contributed by atoms with Gasteiger partial charge in [0.25, 0.3) is 0 Å². The molecule has 8 nitrogen and oxygen atoms in total. The molecular formula is C34H32N4O4. The van der Waals surface area contributed by atoms with Crippen LogP contribution in [0.1, 0.15) is 37.8 Å². The summed E-state index contributed by atoms with van der Waals surface area (Å²) in [6, 6.07) is 16.3. The third-order valence-electron chi connectivity index (χ3n) is 7.95. The summed E-state index contributed by atoms with van der Waals surface area (Å²) in [5.41, 5.74) is 5.20. The Morgan fingerprint density at radius 3 is 2.60 bits per heavy atom. The molecule has 1 saturated heterocycles. The predicted octanol–water partition coefficient (Wildman–Crippen LogP) is 6.07. The molecule has 0 radical (unpaired) electrons. The van der Waals surface area contributed by atoms with Crippen LogP contribution in [0.2, 0.25) is 0 Å². The van der Waals surface area contributed by atoms with Crippen LogP contribution >= 0.6 is 0 Å². The zero-order chi connectivity index (χ0) is 28.3. The highest BCUT2D eigenvalue weighted by molar-refractivity contribution is 6.08. The molecule has 2 fully saturated rings. The molecular weight excluding hydrogens is 528 g/mol. The molecule has 0 bridgehead atoms. The number of aryl methyl sites for hydroxylation is 1. The third kappa shape index (κ3) is 5.67. The molecule has 42 heavy (non-hydrogen) atoms. The van der Waals surface area contributed by atoms with Gasteiger partial charge in [-0.25, -0.2) is 9.97 Å². The molecule has 5 aromatic rings. The van der Waals surface area contributed by atoms with Crippen molar-refractivity contribution in [1.29, 1.82) is 0 Å². The van der Waals surface area contributed by atoms with E-state index in [-0.39, 0.29) is 18.5 Å². The highest BCUT2D eigenvalue weighted by Gasteiger charge is 2.33. The summed E-state index contributed by atoms with van der Waals surface area (Å²) in [6.07, 6.45) is 12.2. The first-order chi connectivity index (χ1) is 20.7. The number of aromatic nitrogens is 4. The number of hydrogen-bond acceptors (Lipinski definition) is 7. The monoisotopic (exact) mass is 560 g/mol. The summed E-state index contributed by atoms with van der Waals surface area (Å²) in [4.78, 5) is 13.3. The highest BCUT2D eigenvalue weighted by atomic mass is 16.7. The van der Waals surface area contributed by atoms with Crippen molar-refractivity contribution in [3.05, 3.63) is 79.0 Å². The first-order valence-corrected chi connectivity index (χ1v) is 14.5. The first-order valence-electron chi connectivity index (χ1n) is 14.5. The fourth-order valence-corrected chi connectivity index (χ4v) is 5.56. The number of benzene rings is 1. The van der Waals surface area contributed by atoms with E-state index < -0.39 is 0 Å². The Kier molecular flexibility index (Phi) is 7.43. The fourth-order valence-electron chi connectivity index (χ4n) is 5.56. The predicted molar refractivity (Wildman–Crippen MR) is 160 cm³/mol. The second kappa shape index (κ2) is 11.8. The van der Waals surface area contributed by atoms with Crippen molar-refractivity contribution in [3.8, 4) is 34.6 Å². The van der Waals surface area contributed by atoms with Crippen LogP contribution < -0.4 is 9.47 Å². The van der Waals surface area contributed by atoms with Crippen LogP contribution in [0.4, 0.5) is 0 Å². The van der Waals surface area contributed by atoms with Crippen molar-refractivity contribution in [3.63, 3.8) is 0 Å². The van der Waals surface area contributed by atoms with Gasteiger partial charge < -0.3 is 23.5 Å². The highest BCUT2D eigenvalue weighted by Crippen LogP contribution is 2.32. The van der Waals surface area contributed by atoms with Crippen LogP contribution in [0.25, 0.3) is 32.9 Å². The molecule has 0 amide bonds. The van der Waals surface area contributed by atoms with Gasteiger partial charge in [-0.15, -0.1) is 0 Å². The van der Waals surface area contributed by atoms with Crippen molar-refractivity contribution in [2.24, 2.45) is 7.05 Å². The van der Waals surface area contributed by atoms with Gasteiger partial charge in [0.05, 0.1) is 11.7 Å². The Bertz CT molecular complexity index is 1740. The quantitative estimate of drug-likeness (QED) is 0.224. The molecule has 7 rings (SSSR count). The molecule has 1 aliphatic carbocycles. The van der Waals surface area contributed by atoms with Crippen molar-refractivity contribution in [2.45, 2.75) is 50.6 Å². The molecule has 1 aromatic carbocycles. The van der Waals surface area contributed by atoms with Crippen LogP contribution in [0.15, 0.2) is 73.3 Å². The minimum absolute atomic E-state index is 0.0837. The lowest BCUT2D eigenvalue weighted by atomic mass is 9.92. The Morgan fingerprint density at radius 2 is 1.79 bits per heavy atom. The van der Waals surface area contributed by atoms with Gasteiger partial charge in [-0.1, -0.05) is 18.1 Å². The molecule has 8 heteroatoms. The van der Waals surface area contributed by atoms with E-state index in [2.05, 4.69) is 62.7 Å². The summed E-state index contributed by atoms with van der Waals surface area (Å²) in [6.45, 7) is 1.10. The van der Waals surface area contributed by atoms with E-state index in [1.165, 1.54) is 16.4 Å². The topological polar surface area (TPSA) is 80.5 Å². The molecule has 1 saturated carbocycles. The van der Waals surface area contributed by atoms with E-state index in [0.717, 1.165) is 61.0 Å². The van der Waals surface area contributed by atoms with Gasteiger partial charge in [0.15, 0.2) is 6.29 Å². The minimum Gasteiger partial charge on any atom is -0.489 e. The average molecular weight is 561 g/mol. The lowest BCUT2D eigenvalue weighted by Gasteiger charge is -2.34. The van der Waals surface area contributed by atoms with Crippen molar-refractivity contribution in [1.82, 2.24) is 19.5 Å². The fraction of sp³-hybridized carbons (Fsp3) is 0.324. The van der Waals surface area contributed by atoms with Crippen LogP contribution in [-0.2, 0) is 16.5 Å². The third-order valence-corrected chi connectivity index (χ3v) is 7.95. The number of pyridine rings is 3. The largest absolute Gasteiger partial charge is 0.489 e. The molecule has 4 aromatic heterocycles. The summed E-state index contributed by atoms with van der Waals surface area (Å²) in [7, 11) is 2.09. The molecule has 1 atom stereocenters. The number of nitrogens with zero attached hydrogens (tertiary/aromatic N) is 4. The number of hydrogen-bond donors (Lipinski definition) is 0. The van der Waals surface area contributed by atoms with E-state index in [9.17, 15) is 0 Å². The summed E-state index contributed by atoms with van der Waals surface area (Å²) >= 11 is 0. The Balaban J connectivity index is 0.890. The summed E-state index contributed by atoms with van der Waals surface area (Å²) < 4.78 is 25.6. The smallest absolute Gasteiger partial charge is 0.213 e. The van der Waals surface area contributed by atoms with Crippen LogP contribution in [0.3, 0.4) is 0 Å². The Labute approximate surface area is 244 Å². The molecule has 0 spiro atoms. The molecule has 1 aliphatic heterocycles. The Morgan fingerprint density at radius 1 is 0.881 bits per heavy atom. The van der Waals surface area contributed by atoms with Crippen LogP contribution in [0.5, 0.6) is 11.6 Å². The van der Waals surface area contributed by atoms with E-state index in [4.69, 9.17) is 18.9 Å². The molecule has 2 aliphatic rings. The normalized spacial score (nSPS) is 20.1. The second-order valence-electron chi connectivity index (χ2n) is 10.8. The zero-order valence-electron chi connectivity index (χ0n) is 23.5. The molecule has 212 valence electrons. The Hall–Kier alpha value is -4.45. The van der Waals surface area contributed by atoms with Crippen molar-refractivity contribution >= 4 is 21.8 Å². The van der Waals surface area contributed by atoms with E-state index >= 15 is 0 Å². The van der Waals surface area contributed by atoms with Gasteiger partial charge in [-0.2, -0.15) is 0 Å². The van der Waals surface area contributed by atoms with Crippen molar-refractivity contribution < 1.29 is 18.9 Å². The lowest BCUT2D eigenvalue weighted by molar-refractivity contribution is -0.154.